The second kappa shape index (κ2) is 7.14. The van der Waals surface area contributed by atoms with Gasteiger partial charge in [-0.15, -0.1) is 5.10 Å². The molecular formula is C11H19N3O2. The molecule has 1 N–H and O–H groups in total. The molecule has 0 saturated carbocycles. The summed E-state index contributed by atoms with van der Waals surface area (Å²) < 4.78 is 10.2. The largest absolute Gasteiger partial charge is 0.474 e. The first-order chi connectivity index (χ1) is 7.72. The lowest BCUT2D eigenvalue weighted by Gasteiger charge is -2.07. The van der Waals surface area contributed by atoms with Crippen LogP contribution in [0.15, 0.2) is 12.1 Å². The molecule has 1 rings (SSSR count). The van der Waals surface area contributed by atoms with Crippen LogP contribution in [0.25, 0.3) is 0 Å². The molecule has 1 aromatic rings. The molecule has 0 bridgehead atoms. The summed E-state index contributed by atoms with van der Waals surface area (Å²) >= 11 is 0. The normalized spacial score (nSPS) is 10.8. The molecule has 0 radical (unpaired) electrons. The number of rotatable bonds is 7. The fourth-order valence-corrected chi connectivity index (χ4v) is 1.06. The maximum Gasteiger partial charge on any atom is 0.233 e. The minimum absolute atomic E-state index is 0.444. The Morgan fingerprint density at radius 3 is 2.62 bits per heavy atom. The lowest BCUT2D eigenvalue weighted by atomic mass is 10.3. The SMILES string of the molecule is COCCOc1ccc(CNC(C)C)nn1. The number of nitrogens with zero attached hydrogens (tertiary/aromatic N) is 2. The van der Waals surface area contributed by atoms with Gasteiger partial charge in [-0.3, -0.25) is 0 Å². The molecule has 0 saturated heterocycles. The van der Waals surface area contributed by atoms with E-state index in [2.05, 4.69) is 29.4 Å². The van der Waals surface area contributed by atoms with Crippen LogP contribution in [0.4, 0.5) is 0 Å². The Morgan fingerprint density at radius 2 is 2.06 bits per heavy atom. The topological polar surface area (TPSA) is 56.3 Å². The van der Waals surface area contributed by atoms with E-state index in [0.29, 0.717) is 25.1 Å². The Kier molecular flexibility index (Phi) is 5.74. The van der Waals surface area contributed by atoms with Crippen LogP contribution in [0.2, 0.25) is 0 Å². The van der Waals surface area contributed by atoms with Gasteiger partial charge in [0.05, 0.1) is 12.3 Å². The lowest BCUT2D eigenvalue weighted by Crippen LogP contribution is -2.22. The Bertz CT molecular complexity index is 288. The van der Waals surface area contributed by atoms with Crippen molar-refractivity contribution in [1.82, 2.24) is 15.5 Å². The van der Waals surface area contributed by atoms with Crippen LogP contribution in [0.1, 0.15) is 19.5 Å². The van der Waals surface area contributed by atoms with Crippen molar-refractivity contribution in [3.63, 3.8) is 0 Å². The molecule has 0 atom stereocenters. The second-order valence-corrected chi connectivity index (χ2v) is 3.74. The molecule has 0 spiro atoms. The van der Waals surface area contributed by atoms with Crippen molar-refractivity contribution in [3.8, 4) is 5.88 Å². The van der Waals surface area contributed by atoms with Crippen LogP contribution < -0.4 is 10.1 Å². The number of hydrogen-bond donors (Lipinski definition) is 1. The van der Waals surface area contributed by atoms with E-state index < -0.39 is 0 Å². The summed E-state index contributed by atoms with van der Waals surface area (Å²) in [5, 5.41) is 11.3. The monoisotopic (exact) mass is 225 g/mol. The molecule has 1 heterocycles. The van der Waals surface area contributed by atoms with E-state index in [-0.39, 0.29) is 0 Å². The van der Waals surface area contributed by atoms with Gasteiger partial charge in [0.25, 0.3) is 0 Å². The molecule has 0 aliphatic rings. The Hall–Kier alpha value is -1.20. The molecule has 5 nitrogen and oxygen atoms in total. The van der Waals surface area contributed by atoms with E-state index >= 15 is 0 Å². The molecule has 16 heavy (non-hydrogen) atoms. The number of ether oxygens (including phenoxy) is 2. The molecule has 0 unspecified atom stereocenters. The predicted octanol–water partition coefficient (Wildman–Crippen LogP) is 1.000. The number of methoxy groups -OCH3 is 1. The van der Waals surface area contributed by atoms with E-state index in [0.717, 1.165) is 12.2 Å². The summed E-state index contributed by atoms with van der Waals surface area (Å²) in [7, 11) is 1.63. The van der Waals surface area contributed by atoms with Crippen molar-refractivity contribution >= 4 is 0 Å². The molecule has 90 valence electrons. The lowest BCUT2D eigenvalue weighted by molar-refractivity contribution is 0.143. The van der Waals surface area contributed by atoms with Crippen molar-refractivity contribution in [2.45, 2.75) is 26.4 Å². The number of hydrogen-bond acceptors (Lipinski definition) is 5. The zero-order chi connectivity index (χ0) is 11.8. The Labute approximate surface area is 96.2 Å². The second-order valence-electron chi connectivity index (χ2n) is 3.74. The molecule has 0 amide bonds. The summed E-state index contributed by atoms with van der Waals surface area (Å²) in [6.07, 6.45) is 0. The standard InChI is InChI=1S/C11H19N3O2/c1-9(2)12-8-10-4-5-11(14-13-10)16-7-6-15-3/h4-5,9,12H,6-8H2,1-3H3. The first-order valence-corrected chi connectivity index (χ1v) is 5.40. The summed E-state index contributed by atoms with van der Waals surface area (Å²) in [6, 6.07) is 4.17. The molecule has 0 fully saturated rings. The molecular weight excluding hydrogens is 206 g/mol. The van der Waals surface area contributed by atoms with E-state index in [1.807, 2.05) is 12.1 Å². The van der Waals surface area contributed by atoms with Crippen LogP contribution in [-0.4, -0.2) is 36.6 Å². The molecule has 0 aliphatic heterocycles. The van der Waals surface area contributed by atoms with Gasteiger partial charge in [0.2, 0.25) is 5.88 Å². The zero-order valence-electron chi connectivity index (χ0n) is 10.1. The highest BCUT2D eigenvalue weighted by atomic mass is 16.5. The van der Waals surface area contributed by atoms with Gasteiger partial charge in [-0.25, -0.2) is 0 Å². The van der Waals surface area contributed by atoms with Crippen molar-refractivity contribution in [2.24, 2.45) is 0 Å². The fourth-order valence-electron chi connectivity index (χ4n) is 1.06. The summed E-state index contributed by atoms with van der Waals surface area (Å²) in [5.41, 5.74) is 0.910. The van der Waals surface area contributed by atoms with Gasteiger partial charge < -0.3 is 14.8 Å². The van der Waals surface area contributed by atoms with Gasteiger partial charge in [-0.2, -0.15) is 5.10 Å². The van der Waals surface area contributed by atoms with Gasteiger partial charge >= 0.3 is 0 Å². The van der Waals surface area contributed by atoms with Crippen LogP contribution in [-0.2, 0) is 11.3 Å². The van der Waals surface area contributed by atoms with Crippen molar-refractivity contribution in [3.05, 3.63) is 17.8 Å². The van der Waals surface area contributed by atoms with E-state index in [1.165, 1.54) is 0 Å². The molecule has 5 heteroatoms. The minimum Gasteiger partial charge on any atom is -0.474 e. The first kappa shape index (κ1) is 12.9. The van der Waals surface area contributed by atoms with Crippen LogP contribution >= 0.6 is 0 Å². The van der Waals surface area contributed by atoms with E-state index in [1.54, 1.807) is 7.11 Å². The van der Waals surface area contributed by atoms with Crippen molar-refractivity contribution in [1.29, 1.82) is 0 Å². The highest BCUT2D eigenvalue weighted by molar-refractivity contribution is 5.11. The third kappa shape index (κ3) is 5.04. The van der Waals surface area contributed by atoms with Crippen LogP contribution in [0.5, 0.6) is 5.88 Å². The molecule has 0 aromatic carbocycles. The zero-order valence-corrected chi connectivity index (χ0v) is 10.1. The van der Waals surface area contributed by atoms with Gasteiger partial charge in [0.15, 0.2) is 0 Å². The average Bonchev–Trinajstić information content (AvgIpc) is 2.28. The predicted molar refractivity (Wildman–Crippen MR) is 61.4 cm³/mol. The fraction of sp³-hybridized carbons (Fsp3) is 0.636. The van der Waals surface area contributed by atoms with Gasteiger partial charge in [-0.1, -0.05) is 13.8 Å². The highest BCUT2D eigenvalue weighted by Crippen LogP contribution is 2.04. The Morgan fingerprint density at radius 1 is 1.25 bits per heavy atom. The third-order valence-corrected chi connectivity index (χ3v) is 1.92. The van der Waals surface area contributed by atoms with E-state index in [4.69, 9.17) is 9.47 Å². The minimum atomic E-state index is 0.444. The maximum absolute atomic E-state index is 5.31. The van der Waals surface area contributed by atoms with Crippen molar-refractivity contribution < 1.29 is 9.47 Å². The van der Waals surface area contributed by atoms with Gasteiger partial charge in [0, 0.05) is 25.8 Å². The molecule has 0 aliphatic carbocycles. The van der Waals surface area contributed by atoms with E-state index in [9.17, 15) is 0 Å². The van der Waals surface area contributed by atoms with Gasteiger partial charge in [-0.05, 0) is 6.07 Å². The van der Waals surface area contributed by atoms with Gasteiger partial charge in [0.1, 0.15) is 6.61 Å². The summed E-state index contributed by atoms with van der Waals surface area (Å²) in [5.74, 6) is 0.533. The summed E-state index contributed by atoms with van der Waals surface area (Å²) in [4.78, 5) is 0. The quantitative estimate of drug-likeness (QED) is 0.702. The summed E-state index contributed by atoms with van der Waals surface area (Å²) in [6.45, 7) is 5.96. The smallest absolute Gasteiger partial charge is 0.233 e. The average molecular weight is 225 g/mol. The maximum atomic E-state index is 5.31. The Balaban J connectivity index is 2.35. The third-order valence-electron chi connectivity index (χ3n) is 1.92. The van der Waals surface area contributed by atoms with Crippen LogP contribution in [0.3, 0.4) is 0 Å². The first-order valence-electron chi connectivity index (χ1n) is 5.40. The molecule has 1 aromatic heterocycles. The highest BCUT2D eigenvalue weighted by Gasteiger charge is 1.99. The number of aromatic nitrogens is 2. The van der Waals surface area contributed by atoms with Crippen molar-refractivity contribution in [2.75, 3.05) is 20.3 Å². The number of nitrogens with one attached hydrogen (secondary N) is 1. The van der Waals surface area contributed by atoms with Crippen LogP contribution in [0, 0.1) is 0 Å².